The number of benzene rings is 1. The molecule has 106 valence electrons. The first kappa shape index (κ1) is 14.3. The lowest BCUT2D eigenvalue weighted by molar-refractivity contribution is 0.101. The van der Waals surface area contributed by atoms with Crippen molar-refractivity contribution in [3.63, 3.8) is 0 Å². The monoisotopic (exact) mass is 300 g/mol. The standard InChI is InChI=1S/C12H11ClF2N4O/c1-2-19-11(9(16)5-17-19)12(20)18-10-7(13)3-6(14)4-8(10)15/h3-5H,2,16H2,1H3,(H,18,20). The Bertz CT molecular complexity index is 648. The van der Waals surface area contributed by atoms with Crippen LogP contribution in [0.25, 0.3) is 0 Å². The summed E-state index contributed by atoms with van der Waals surface area (Å²) >= 11 is 5.71. The fourth-order valence-corrected chi connectivity index (χ4v) is 1.96. The lowest BCUT2D eigenvalue weighted by atomic mass is 10.2. The Hall–Kier alpha value is -2.15. The number of rotatable bonds is 3. The van der Waals surface area contributed by atoms with E-state index in [0.717, 1.165) is 6.07 Å². The number of carbonyl (C=O) groups excluding carboxylic acids is 1. The summed E-state index contributed by atoms with van der Waals surface area (Å²) < 4.78 is 27.9. The van der Waals surface area contributed by atoms with Crippen LogP contribution in [-0.2, 0) is 6.54 Å². The molecule has 20 heavy (non-hydrogen) atoms. The summed E-state index contributed by atoms with van der Waals surface area (Å²) in [6, 6.07) is 1.53. The minimum atomic E-state index is -0.968. The maximum absolute atomic E-state index is 13.6. The Morgan fingerprint density at radius 2 is 2.20 bits per heavy atom. The summed E-state index contributed by atoms with van der Waals surface area (Å²) in [6.45, 7) is 2.19. The first-order valence-electron chi connectivity index (χ1n) is 5.71. The lowest BCUT2D eigenvalue weighted by Gasteiger charge is -2.10. The normalized spacial score (nSPS) is 10.6. The van der Waals surface area contributed by atoms with Crippen LogP contribution >= 0.6 is 11.6 Å². The number of nitrogens with two attached hydrogens (primary N) is 1. The van der Waals surface area contributed by atoms with Crippen molar-refractivity contribution in [3.8, 4) is 0 Å². The number of aromatic nitrogens is 2. The van der Waals surface area contributed by atoms with Gasteiger partial charge in [-0.2, -0.15) is 5.10 Å². The van der Waals surface area contributed by atoms with E-state index in [-0.39, 0.29) is 22.1 Å². The molecule has 1 amide bonds. The molecule has 0 bridgehead atoms. The third-order valence-corrected chi connectivity index (χ3v) is 2.93. The van der Waals surface area contributed by atoms with E-state index in [9.17, 15) is 13.6 Å². The highest BCUT2D eigenvalue weighted by atomic mass is 35.5. The summed E-state index contributed by atoms with van der Waals surface area (Å²) in [4.78, 5) is 12.1. The topological polar surface area (TPSA) is 72.9 Å². The van der Waals surface area contributed by atoms with Gasteiger partial charge in [0.25, 0.3) is 5.91 Å². The number of anilines is 2. The van der Waals surface area contributed by atoms with Gasteiger partial charge in [0.15, 0.2) is 5.82 Å². The summed E-state index contributed by atoms with van der Waals surface area (Å²) in [5.41, 5.74) is 5.58. The number of amides is 1. The van der Waals surface area contributed by atoms with E-state index in [2.05, 4.69) is 10.4 Å². The molecule has 1 aromatic carbocycles. The third kappa shape index (κ3) is 2.57. The number of nitrogens with zero attached hydrogens (tertiary/aromatic N) is 2. The Balaban J connectivity index is 2.35. The van der Waals surface area contributed by atoms with Gasteiger partial charge in [0.1, 0.15) is 11.5 Å². The zero-order valence-corrected chi connectivity index (χ0v) is 11.2. The van der Waals surface area contributed by atoms with Gasteiger partial charge in [-0.3, -0.25) is 9.48 Å². The Morgan fingerprint density at radius 3 is 2.80 bits per heavy atom. The van der Waals surface area contributed by atoms with E-state index in [4.69, 9.17) is 17.3 Å². The van der Waals surface area contributed by atoms with Crippen molar-refractivity contribution in [2.24, 2.45) is 0 Å². The van der Waals surface area contributed by atoms with Gasteiger partial charge in [-0.25, -0.2) is 8.78 Å². The molecule has 3 N–H and O–H groups in total. The number of halogens is 3. The molecule has 1 heterocycles. The number of aryl methyl sites for hydroxylation is 1. The van der Waals surface area contributed by atoms with Crippen molar-refractivity contribution in [2.75, 3.05) is 11.1 Å². The van der Waals surface area contributed by atoms with Gasteiger partial charge < -0.3 is 11.1 Å². The van der Waals surface area contributed by atoms with E-state index in [1.165, 1.54) is 10.9 Å². The van der Waals surface area contributed by atoms with Crippen LogP contribution in [0, 0.1) is 11.6 Å². The third-order valence-electron chi connectivity index (χ3n) is 2.63. The van der Waals surface area contributed by atoms with Crippen LogP contribution in [0.4, 0.5) is 20.2 Å². The van der Waals surface area contributed by atoms with E-state index in [1.54, 1.807) is 6.92 Å². The molecule has 2 rings (SSSR count). The summed E-state index contributed by atoms with van der Waals surface area (Å²) in [5.74, 6) is -2.47. The van der Waals surface area contributed by atoms with Gasteiger partial charge in [-0.05, 0) is 13.0 Å². The molecule has 0 saturated carbocycles. The highest BCUT2D eigenvalue weighted by molar-refractivity contribution is 6.34. The lowest BCUT2D eigenvalue weighted by Crippen LogP contribution is -2.19. The maximum Gasteiger partial charge on any atom is 0.276 e. The first-order chi connectivity index (χ1) is 9.43. The molecule has 0 fully saturated rings. The molecule has 5 nitrogen and oxygen atoms in total. The molecule has 0 unspecified atom stereocenters. The molecule has 0 atom stereocenters. The van der Waals surface area contributed by atoms with Crippen molar-refractivity contribution in [2.45, 2.75) is 13.5 Å². The second-order valence-corrected chi connectivity index (χ2v) is 4.37. The predicted molar refractivity (Wildman–Crippen MR) is 71.6 cm³/mol. The van der Waals surface area contributed by atoms with Crippen molar-refractivity contribution >= 4 is 28.9 Å². The van der Waals surface area contributed by atoms with Crippen LogP contribution in [0.15, 0.2) is 18.3 Å². The second kappa shape index (κ2) is 5.46. The van der Waals surface area contributed by atoms with Crippen LogP contribution < -0.4 is 11.1 Å². The molecule has 1 aromatic heterocycles. The number of nitrogens with one attached hydrogen (secondary N) is 1. The van der Waals surface area contributed by atoms with Gasteiger partial charge >= 0.3 is 0 Å². The zero-order chi connectivity index (χ0) is 14.9. The summed E-state index contributed by atoms with van der Waals surface area (Å²) in [7, 11) is 0. The summed E-state index contributed by atoms with van der Waals surface area (Å²) in [5, 5.41) is 5.93. The van der Waals surface area contributed by atoms with Gasteiger partial charge in [-0.15, -0.1) is 0 Å². The highest BCUT2D eigenvalue weighted by Crippen LogP contribution is 2.27. The van der Waals surface area contributed by atoms with Crippen molar-refractivity contribution < 1.29 is 13.6 Å². The fraction of sp³-hybridized carbons (Fsp3) is 0.167. The van der Waals surface area contributed by atoms with Crippen molar-refractivity contribution in [1.82, 2.24) is 9.78 Å². The Labute approximate surface area is 118 Å². The van der Waals surface area contributed by atoms with Crippen LogP contribution in [0.2, 0.25) is 5.02 Å². The average Bonchev–Trinajstić information content (AvgIpc) is 2.74. The molecular weight excluding hydrogens is 290 g/mol. The minimum absolute atomic E-state index is 0.0901. The van der Waals surface area contributed by atoms with Gasteiger partial charge in [0, 0.05) is 12.6 Å². The largest absolute Gasteiger partial charge is 0.396 e. The van der Waals surface area contributed by atoms with E-state index >= 15 is 0 Å². The molecule has 0 saturated heterocycles. The SMILES string of the molecule is CCn1ncc(N)c1C(=O)Nc1c(F)cc(F)cc1Cl. The Kier molecular flexibility index (Phi) is 3.89. The van der Waals surface area contributed by atoms with Gasteiger partial charge in [0.05, 0.1) is 22.6 Å². The van der Waals surface area contributed by atoms with Crippen LogP contribution in [0.1, 0.15) is 17.4 Å². The molecule has 8 heteroatoms. The van der Waals surface area contributed by atoms with Crippen LogP contribution in [-0.4, -0.2) is 15.7 Å². The van der Waals surface area contributed by atoms with Gasteiger partial charge in [-0.1, -0.05) is 11.6 Å². The van der Waals surface area contributed by atoms with E-state index in [1.807, 2.05) is 0 Å². The number of hydrogen-bond donors (Lipinski definition) is 2. The summed E-state index contributed by atoms with van der Waals surface area (Å²) in [6.07, 6.45) is 1.32. The number of hydrogen-bond acceptors (Lipinski definition) is 3. The molecule has 0 spiro atoms. The van der Waals surface area contributed by atoms with Crippen molar-refractivity contribution in [3.05, 3.63) is 40.7 Å². The Morgan fingerprint density at radius 1 is 1.50 bits per heavy atom. The maximum atomic E-state index is 13.6. The first-order valence-corrected chi connectivity index (χ1v) is 6.09. The fourth-order valence-electron chi connectivity index (χ4n) is 1.72. The number of carbonyl (C=O) groups is 1. The van der Waals surface area contributed by atoms with E-state index < -0.39 is 17.5 Å². The predicted octanol–water partition coefficient (Wildman–Crippen LogP) is 2.67. The van der Waals surface area contributed by atoms with E-state index in [0.29, 0.717) is 12.6 Å². The minimum Gasteiger partial charge on any atom is -0.396 e. The molecule has 0 aliphatic heterocycles. The molecule has 0 aliphatic rings. The van der Waals surface area contributed by atoms with Crippen LogP contribution in [0.5, 0.6) is 0 Å². The van der Waals surface area contributed by atoms with Crippen molar-refractivity contribution in [1.29, 1.82) is 0 Å². The number of nitrogen functional groups attached to an aromatic ring is 1. The quantitative estimate of drug-likeness (QED) is 0.915. The molecule has 0 aliphatic carbocycles. The molecular formula is C12H11ClF2N4O. The average molecular weight is 301 g/mol. The zero-order valence-electron chi connectivity index (χ0n) is 10.5. The smallest absolute Gasteiger partial charge is 0.276 e. The van der Waals surface area contributed by atoms with Crippen LogP contribution in [0.3, 0.4) is 0 Å². The highest BCUT2D eigenvalue weighted by Gasteiger charge is 2.19. The van der Waals surface area contributed by atoms with Gasteiger partial charge in [0.2, 0.25) is 0 Å². The molecule has 2 aromatic rings. The second-order valence-electron chi connectivity index (χ2n) is 3.96. The molecule has 0 radical (unpaired) electrons.